The van der Waals surface area contributed by atoms with Crippen LogP contribution in [-0.2, 0) is 6.54 Å². The van der Waals surface area contributed by atoms with E-state index >= 15 is 0 Å². The number of hydrogen-bond acceptors (Lipinski definition) is 4. The summed E-state index contributed by atoms with van der Waals surface area (Å²) in [7, 11) is 0. The third-order valence-electron chi connectivity index (χ3n) is 6.52. The molecule has 0 amide bonds. The molecule has 3 aromatic rings. The molecule has 1 saturated heterocycles. The van der Waals surface area contributed by atoms with Crippen molar-refractivity contribution in [3.63, 3.8) is 0 Å². The average Bonchev–Trinajstić information content (AvgIpc) is 3.40. The summed E-state index contributed by atoms with van der Waals surface area (Å²) in [4.78, 5) is 23.1. The van der Waals surface area contributed by atoms with Gasteiger partial charge in [0, 0.05) is 35.6 Å². The zero-order valence-corrected chi connectivity index (χ0v) is 18.5. The van der Waals surface area contributed by atoms with Crippen molar-refractivity contribution in [2.24, 2.45) is 5.92 Å². The van der Waals surface area contributed by atoms with Crippen molar-refractivity contribution in [2.75, 3.05) is 13.1 Å². The highest BCUT2D eigenvalue weighted by Gasteiger charge is 2.33. The van der Waals surface area contributed by atoms with Gasteiger partial charge in [0.25, 0.3) is 5.56 Å². The summed E-state index contributed by atoms with van der Waals surface area (Å²) in [6.07, 6.45) is 6.30. The lowest BCUT2D eigenvalue weighted by molar-refractivity contribution is 0.318. The van der Waals surface area contributed by atoms with Crippen molar-refractivity contribution in [1.82, 2.24) is 24.6 Å². The Morgan fingerprint density at radius 1 is 1.13 bits per heavy atom. The second-order valence-electron chi connectivity index (χ2n) is 8.77. The maximum absolute atomic E-state index is 12.7. The number of aromatic amines is 1. The van der Waals surface area contributed by atoms with Crippen LogP contribution in [-0.4, -0.2) is 37.7 Å². The molecule has 6 nitrogen and oxygen atoms in total. The first-order valence-electron chi connectivity index (χ1n) is 10.6. The van der Waals surface area contributed by atoms with E-state index in [-0.39, 0.29) is 11.5 Å². The molecule has 0 unspecified atom stereocenters. The third-order valence-corrected chi connectivity index (χ3v) is 6.96. The van der Waals surface area contributed by atoms with Crippen LogP contribution in [0.25, 0.3) is 11.0 Å². The van der Waals surface area contributed by atoms with Gasteiger partial charge in [-0.1, -0.05) is 43.0 Å². The lowest BCUT2D eigenvalue weighted by Crippen LogP contribution is -2.21. The normalized spacial score (nSPS) is 23.0. The molecule has 30 heavy (non-hydrogen) atoms. The quantitative estimate of drug-likeness (QED) is 0.627. The van der Waals surface area contributed by atoms with Crippen LogP contribution in [0, 0.1) is 5.92 Å². The number of H-pyrrole nitrogens is 1. The number of hydrogen-bond donors (Lipinski definition) is 1. The molecule has 0 radical (unpaired) electrons. The first kappa shape index (κ1) is 20.0. The minimum absolute atomic E-state index is 0.0912. The van der Waals surface area contributed by atoms with Crippen LogP contribution < -0.4 is 5.56 Å². The lowest BCUT2D eigenvalue weighted by atomic mass is 9.97. The van der Waals surface area contributed by atoms with E-state index in [0.29, 0.717) is 27.4 Å². The number of nitrogens with zero attached hydrogens (tertiary/aromatic N) is 4. The number of likely N-dealkylation sites (tertiary alicyclic amines) is 1. The molecule has 8 heteroatoms. The Balaban J connectivity index is 1.42. The predicted molar refractivity (Wildman–Crippen MR) is 119 cm³/mol. The Morgan fingerprint density at radius 2 is 1.87 bits per heavy atom. The molecule has 158 valence electrons. The zero-order chi connectivity index (χ0) is 20.8. The fourth-order valence-electron chi connectivity index (χ4n) is 5.06. The van der Waals surface area contributed by atoms with Gasteiger partial charge < -0.3 is 4.98 Å². The second kappa shape index (κ2) is 7.98. The fraction of sp³-hybridized carbons (Fsp3) is 0.500. The smallest absolute Gasteiger partial charge is 0.262 e. The Labute approximate surface area is 185 Å². The summed E-state index contributed by atoms with van der Waals surface area (Å²) in [5.41, 5.74) is 1.73. The highest BCUT2D eigenvalue weighted by molar-refractivity contribution is 6.34. The Morgan fingerprint density at radius 3 is 2.60 bits per heavy atom. The largest absolute Gasteiger partial charge is 0.310 e. The summed E-state index contributed by atoms with van der Waals surface area (Å²) in [5, 5.41) is 6.40. The molecular weight excluding hydrogens is 421 g/mol. The second-order valence-corrected chi connectivity index (χ2v) is 9.64. The molecule has 0 spiro atoms. The number of benzene rings is 1. The van der Waals surface area contributed by atoms with Crippen molar-refractivity contribution in [3.05, 3.63) is 56.2 Å². The van der Waals surface area contributed by atoms with E-state index in [0.717, 1.165) is 49.5 Å². The molecule has 5 rings (SSSR count). The monoisotopic (exact) mass is 445 g/mol. The van der Waals surface area contributed by atoms with Gasteiger partial charge in [-0.25, -0.2) is 9.67 Å². The molecule has 1 aliphatic carbocycles. The van der Waals surface area contributed by atoms with Crippen LogP contribution in [0.2, 0.25) is 10.0 Å². The van der Waals surface area contributed by atoms with E-state index in [1.807, 2.05) is 16.8 Å². The van der Waals surface area contributed by atoms with Crippen LogP contribution in [0.4, 0.5) is 0 Å². The van der Waals surface area contributed by atoms with Crippen molar-refractivity contribution in [1.29, 1.82) is 0 Å². The van der Waals surface area contributed by atoms with E-state index in [2.05, 4.69) is 21.9 Å². The van der Waals surface area contributed by atoms with Gasteiger partial charge >= 0.3 is 0 Å². The summed E-state index contributed by atoms with van der Waals surface area (Å²) < 4.78 is 1.98. The summed E-state index contributed by atoms with van der Waals surface area (Å²) in [6, 6.07) is 6.02. The summed E-state index contributed by atoms with van der Waals surface area (Å²) in [6.45, 7) is 4.75. The number of rotatable bonds is 4. The molecule has 1 aliphatic heterocycles. The summed E-state index contributed by atoms with van der Waals surface area (Å²) >= 11 is 12.3. The van der Waals surface area contributed by atoms with Crippen LogP contribution >= 0.6 is 23.2 Å². The summed E-state index contributed by atoms with van der Waals surface area (Å²) in [5.74, 6) is 1.32. The molecule has 2 fully saturated rings. The highest BCUT2D eigenvalue weighted by Crippen LogP contribution is 2.34. The topological polar surface area (TPSA) is 66.8 Å². The molecule has 2 aliphatic rings. The van der Waals surface area contributed by atoms with Gasteiger partial charge in [0.2, 0.25) is 0 Å². The molecule has 0 bridgehead atoms. The van der Waals surface area contributed by atoms with Gasteiger partial charge in [-0.15, -0.1) is 0 Å². The molecule has 1 N–H and O–H groups in total. The Kier molecular flexibility index (Phi) is 5.33. The van der Waals surface area contributed by atoms with E-state index in [1.54, 1.807) is 12.3 Å². The minimum atomic E-state index is -0.0912. The van der Waals surface area contributed by atoms with Crippen molar-refractivity contribution < 1.29 is 0 Å². The SMILES string of the molecule is C[C@@H]1CN(Cc2cc(Cl)cc(Cl)c2)C[C@H]1c1nc2c(cnn2C2CCCC2)c(=O)[nH]1. The Hall–Kier alpha value is -1.89. The minimum Gasteiger partial charge on any atom is -0.310 e. The van der Waals surface area contributed by atoms with Crippen LogP contribution in [0.5, 0.6) is 0 Å². The first-order valence-corrected chi connectivity index (χ1v) is 11.4. The van der Waals surface area contributed by atoms with Gasteiger partial charge in [0.15, 0.2) is 5.65 Å². The van der Waals surface area contributed by atoms with E-state index in [4.69, 9.17) is 28.2 Å². The average molecular weight is 446 g/mol. The van der Waals surface area contributed by atoms with Crippen molar-refractivity contribution in [2.45, 2.75) is 51.1 Å². The van der Waals surface area contributed by atoms with Gasteiger partial charge in [-0.3, -0.25) is 9.69 Å². The zero-order valence-electron chi connectivity index (χ0n) is 16.9. The molecule has 1 aromatic carbocycles. The predicted octanol–water partition coefficient (Wildman–Crippen LogP) is 4.78. The molecular formula is C22H25Cl2N5O. The van der Waals surface area contributed by atoms with Gasteiger partial charge in [0.05, 0.1) is 12.2 Å². The number of halogens is 2. The van der Waals surface area contributed by atoms with E-state index < -0.39 is 0 Å². The van der Waals surface area contributed by atoms with Crippen molar-refractivity contribution in [3.8, 4) is 0 Å². The standard InChI is InChI=1S/C22H25Cl2N5O/c1-13-10-28(11-14-6-15(23)8-16(24)7-14)12-19(13)20-26-21-18(22(30)27-20)9-25-29(21)17-4-2-3-5-17/h6-9,13,17,19H,2-5,10-12H2,1H3,(H,26,27,30)/t13-,19-/m1/s1. The van der Waals surface area contributed by atoms with Crippen LogP contribution in [0.3, 0.4) is 0 Å². The van der Waals surface area contributed by atoms with Gasteiger partial charge in [-0.05, 0) is 42.5 Å². The number of aromatic nitrogens is 4. The molecule has 2 atom stereocenters. The molecule has 2 aromatic heterocycles. The van der Waals surface area contributed by atoms with Gasteiger partial charge in [0.1, 0.15) is 11.2 Å². The van der Waals surface area contributed by atoms with Gasteiger partial charge in [-0.2, -0.15) is 5.10 Å². The maximum Gasteiger partial charge on any atom is 0.262 e. The van der Waals surface area contributed by atoms with E-state index in [9.17, 15) is 4.79 Å². The van der Waals surface area contributed by atoms with Crippen LogP contribution in [0.15, 0.2) is 29.2 Å². The number of fused-ring (bicyclic) bond motifs is 1. The lowest BCUT2D eigenvalue weighted by Gasteiger charge is -2.17. The number of nitrogens with one attached hydrogen (secondary N) is 1. The molecule has 3 heterocycles. The maximum atomic E-state index is 12.7. The highest BCUT2D eigenvalue weighted by atomic mass is 35.5. The van der Waals surface area contributed by atoms with Crippen LogP contribution in [0.1, 0.15) is 56.0 Å². The third kappa shape index (κ3) is 3.77. The Bertz CT molecular complexity index is 1110. The molecule has 1 saturated carbocycles. The first-order chi connectivity index (χ1) is 14.5. The van der Waals surface area contributed by atoms with Crippen molar-refractivity contribution >= 4 is 34.2 Å². The fourth-order valence-corrected chi connectivity index (χ4v) is 5.63. The van der Waals surface area contributed by atoms with E-state index in [1.165, 1.54) is 12.8 Å².